The molecule has 0 unspecified atom stereocenters. The molecule has 0 bridgehead atoms. The zero-order valence-corrected chi connectivity index (χ0v) is 16.4. The number of fused-ring (bicyclic) bond motifs is 1. The smallest absolute Gasteiger partial charge is 0.340 e. The number of esters is 2. The molecule has 0 radical (unpaired) electrons. The van der Waals surface area contributed by atoms with Crippen molar-refractivity contribution in [3.63, 3.8) is 0 Å². The Bertz CT molecular complexity index is 1050. The maximum atomic E-state index is 12.4. The van der Waals surface area contributed by atoms with E-state index in [1.54, 1.807) is 18.3 Å². The van der Waals surface area contributed by atoms with Gasteiger partial charge < -0.3 is 19.1 Å². The van der Waals surface area contributed by atoms with Crippen molar-refractivity contribution in [3.05, 3.63) is 65.4 Å². The highest BCUT2D eigenvalue weighted by atomic mass is 16.5. The molecular formula is C23H23NO5. The summed E-state index contributed by atoms with van der Waals surface area (Å²) in [6.07, 6.45) is 6.53. The lowest BCUT2D eigenvalue weighted by Crippen LogP contribution is -2.04. The van der Waals surface area contributed by atoms with Crippen LogP contribution in [0.25, 0.3) is 23.1 Å². The normalized spacial score (nSPS) is 11.1. The van der Waals surface area contributed by atoms with Crippen LogP contribution in [0.15, 0.2) is 48.7 Å². The molecule has 6 heteroatoms. The average molecular weight is 393 g/mol. The first-order valence-corrected chi connectivity index (χ1v) is 9.27. The van der Waals surface area contributed by atoms with E-state index in [4.69, 9.17) is 4.74 Å². The second kappa shape index (κ2) is 9.10. The van der Waals surface area contributed by atoms with E-state index in [1.165, 1.54) is 14.2 Å². The first kappa shape index (κ1) is 20.2. The summed E-state index contributed by atoms with van der Waals surface area (Å²) < 4.78 is 11.6. The van der Waals surface area contributed by atoms with Gasteiger partial charge in [0.1, 0.15) is 5.75 Å². The quantitative estimate of drug-likeness (QED) is 0.479. The molecule has 0 aliphatic heterocycles. The zero-order chi connectivity index (χ0) is 20.8. The van der Waals surface area contributed by atoms with E-state index in [0.717, 1.165) is 22.0 Å². The van der Waals surface area contributed by atoms with Crippen LogP contribution in [0.4, 0.5) is 0 Å². The standard InChI is InChI=1S/C23H23NO5/c1-28-21(26)7-4-14-24-15-19(23(27)29-2)22-17(5-3-6-20(22)24)11-8-16-9-12-18(25)13-10-16/h3,5-6,8-13,15,25H,4,7,14H2,1-2H3/b11-8+. The molecule has 0 saturated heterocycles. The third-order valence-electron chi connectivity index (χ3n) is 4.70. The van der Waals surface area contributed by atoms with Crippen molar-refractivity contribution in [2.45, 2.75) is 19.4 Å². The highest BCUT2D eigenvalue weighted by Crippen LogP contribution is 2.28. The number of carbonyl (C=O) groups excluding carboxylic acids is 2. The summed E-state index contributed by atoms with van der Waals surface area (Å²) in [6.45, 7) is 0.577. The molecule has 1 N–H and O–H groups in total. The number of aromatic hydroxyl groups is 1. The Hall–Kier alpha value is -3.54. The van der Waals surface area contributed by atoms with Crippen molar-refractivity contribution in [1.82, 2.24) is 4.57 Å². The Morgan fingerprint density at radius 2 is 1.79 bits per heavy atom. The number of phenols is 1. The summed E-state index contributed by atoms with van der Waals surface area (Å²) in [5.74, 6) is -0.458. The number of aryl methyl sites for hydroxylation is 1. The number of carbonyl (C=O) groups is 2. The molecule has 150 valence electrons. The number of aromatic nitrogens is 1. The second-order valence-electron chi connectivity index (χ2n) is 6.57. The van der Waals surface area contributed by atoms with Crippen LogP contribution >= 0.6 is 0 Å². The molecule has 1 heterocycles. The summed E-state index contributed by atoms with van der Waals surface area (Å²) in [6, 6.07) is 12.7. The highest BCUT2D eigenvalue weighted by Gasteiger charge is 2.17. The van der Waals surface area contributed by atoms with Gasteiger partial charge in [0, 0.05) is 30.1 Å². The Morgan fingerprint density at radius 3 is 2.48 bits per heavy atom. The molecule has 3 aromatic rings. The number of methoxy groups -OCH3 is 2. The molecule has 0 atom stereocenters. The van der Waals surface area contributed by atoms with Crippen LogP contribution in [0.3, 0.4) is 0 Å². The fourth-order valence-electron chi connectivity index (χ4n) is 3.24. The summed E-state index contributed by atoms with van der Waals surface area (Å²) in [7, 11) is 2.73. The van der Waals surface area contributed by atoms with Gasteiger partial charge in [-0.3, -0.25) is 4.79 Å². The lowest BCUT2D eigenvalue weighted by atomic mass is 10.0. The topological polar surface area (TPSA) is 77.8 Å². The lowest BCUT2D eigenvalue weighted by molar-refractivity contribution is -0.140. The van der Waals surface area contributed by atoms with Crippen molar-refractivity contribution >= 4 is 35.0 Å². The summed E-state index contributed by atoms with van der Waals surface area (Å²) in [5.41, 5.74) is 3.18. The maximum Gasteiger partial charge on any atom is 0.340 e. The van der Waals surface area contributed by atoms with Crippen LogP contribution in [0, 0.1) is 0 Å². The minimum atomic E-state index is -0.410. The predicted octanol–water partition coefficient (Wildman–Crippen LogP) is 4.26. The molecular weight excluding hydrogens is 370 g/mol. The van der Waals surface area contributed by atoms with E-state index < -0.39 is 5.97 Å². The molecule has 0 fully saturated rings. The fraction of sp³-hybridized carbons (Fsp3) is 0.217. The third kappa shape index (κ3) is 4.66. The van der Waals surface area contributed by atoms with E-state index in [0.29, 0.717) is 24.9 Å². The number of hydrogen-bond acceptors (Lipinski definition) is 5. The van der Waals surface area contributed by atoms with E-state index in [9.17, 15) is 14.7 Å². The van der Waals surface area contributed by atoms with Crippen LogP contribution < -0.4 is 0 Å². The van der Waals surface area contributed by atoms with Gasteiger partial charge in [0.15, 0.2) is 0 Å². The second-order valence-corrected chi connectivity index (χ2v) is 6.57. The van der Waals surface area contributed by atoms with Gasteiger partial charge in [0.05, 0.1) is 19.8 Å². The maximum absolute atomic E-state index is 12.4. The predicted molar refractivity (Wildman–Crippen MR) is 112 cm³/mol. The van der Waals surface area contributed by atoms with E-state index in [1.807, 2.05) is 47.1 Å². The SMILES string of the molecule is COC(=O)CCCn1cc(C(=O)OC)c2c(/C=C/c3ccc(O)cc3)cccc21. The minimum Gasteiger partial charge on any atom is -0.508 e. The molecule has 2 aromatic carbocycles. The highest BCUT2D eigenvalue weighted by molar-refractivity contribution is 6.08. The van der Waals surface area contributed by atoms with Crippen molar-refractivity contribution in [1.29, 1.82) is 0 Å². The van der Waals surface area contributed by atoms with Gasteiger partial charge in [-0.2, -0.15) is 0 Å². The molecule has 3 rings (SSSR count). The lowest BCUT2D eigenvalue weighted by Gasteiger charge is -2.06. The first-order valence-electron chi connectivity index (χ1n) is 9.27. The van der Waals surface area contributed by atoms with Gasteiger partial charge in [-0.25, -0.2) is 4.79 Å². The monoisotopic (exact) mass is 393 g/mol. The summed E-state index contributed by atoms with van der Waals surface area (Å²) in [5, 5.41) is 10.2. The third-order valence-corrected chi connectivity index (χ3v) is 4.70. The Morgan fingerprint density at radius 1 is 1.03 bits per heavy atom. The Kier molecular flexibility index (Phi) is 6.34. The molecule has 0 spiro atoms. The zero-order valence-electron chi connectivity index (χ0n) is 16.4. The van der Waals surface area contributed by atoms with Crippen LogP contribution in [-0.4, -0.2) is 35.8 Å². The van der Waals surface area contributed by atoms with Crippen LogP contribution in [0.1, 0.15) is 34.3 Å². The minimum absolute atomic E-state index is 0.210. The number of phenolic OH excluding ortho intramolecular Hbond substituents is 1. The Balaban J connectivity index is 1.98. The number of rotatable bonds is 7. The number of ether oxygens (including phenoxy) is 2. The van der Waals surface area contributed by atoms with E-state index in [-0.39, 0.29) is 11.7 Å². The van der Waals surface area contributed by atoms with E-state index >= 15 is 0 Å². The number of hydrogen-bond donors (Lipinski definition) is 1. The van der Waals surface area contributed by atoms with Gasteiger partial charge in [0.2, 0.25) is 0 Å². The van der Waals surface area contributed by atoms with Crippen LogP contribution in [0.2, 0.25) is 0 Å². The molecule has 0 aliphatic carbocycles. The number of nitrogens with zero attached hydrogens (tertiary/aromatic N) is 1. The van der Waals surface area contributed by atoms with Crippen LogP contribution in [-0.2, 0) is 20.8 Å². The summed E-state index contributed by atoms with van der Waals surface area (Å²) in [4.78, 5) is 23.8. The van der Waals surface area contributed by atoms with Crippen molar-refractivity contribution in [3.8, 4) is 5.75 Å². The van der Waals surface area contributed by atoms with Crippen LogP contribution in [0.5, 0.6) is 5.75 Å². The van der Waals surface area contributed by atoms with Crippen molar-refractivity contribution in [2.24, 2.45) is 0 Å². The molecule has 0 amide bonds. The van der Waals surface area contributed by atoms with Gasteiger partial charge >= 0.3 is 11.9 Å². The van der Waals surface area contributed by atoms with E-state index in [2.05, 4.69) is 4.74 Å². The first-order chi connectivity index (χ1) is 14.0. The molecule has 1 aromatic heterocycles. The largest absolute Gasteiger partial charge is 0.508 e. The van der Waals surface area contributed by atoms with Gasteiger partial charge in [-0.1, -0.05) is 36.4 Å². The van der Waals surface area contributed by atoms with Crippen molar-refractivity contribution in [2.75, 3.05) is 14.2 Å². The average Bonchev–Trinajstić information content (AvgIpc) is 3.12. The van der Waals surface area contributed by atoms with Gasteiger partial charge in [-0.05, 0) is 35.7 Å². The molecule has 29 heavy (non-hydrogen) atoms. The summed E-state index contributed by atoms with van der Waals surface area (Å²) >= 11 is 0. The Labute approximate surface area is 169 Å². The van der Waals surface area contributed by atoms with Crippen molar-refractivity contribution < 1.29 is 24.2 Å². The van der Waals surface area contributed by atoms with Gasteiger partial charge in [0.25, 0.3) is 0 Å². The molecule has 6 nitrogen and oxygen atoms in total. The number of benzene rings is 2. The molecule has 0 saturated carbocycles. The fourth-order valence-corrected chi connectivity index (χ4v) is 3.24. The van der Waals surface area contributed by atoms with Gasteiger partial charge in [-0.15, -0.1) is 0 Å². The molecule has 0 aliphatic rings.